The van der Waals surface area contributed by atoms with E-state index < -0.39 is 36.1 Å². The molecule has 0 saturated carbocycles. The number of fused-ring (bicyclic) bond motifs is 1. The number of guanidine groups is 1. The number of ether oxygens (including phenoxy) is 1. The lowest BCUT2D eigenvalue weighted by molar-refractivity contribution is -0.126. The minimum atomic E-state index is -0.960. The molecule has 3 amide bonds. The molecule has 0 aliphatic heterocycles. The van der Waals surface area contributed by atoms with Crippen molar-refractivity contribution in [3.05, 3.63) is 76.1 Å². The van der Waals surface area contributed by atoms with Crippen LogP contribution in [0.25, 0.3) is 11.0 Å². The molecule has 0 aliphatic rings. The first-order valence-corrected chi connectivity index (χ1v) is 11.9. The minimum absolute atomic E-state index is 0. The van der Waals surface area contributed by atoms with E-state index in [9.17, 15) is 19.2 Å². The number of benzene rings is 2. The largest absolute Gasteiger partial charge is 0.445 e. The van der Waals surface area contributed by atoms with Gasteiger partial charge in [0.15, 0.2) is 5.96 Å². The third-order valence-corrected chi connectivity index (χ3v) is 5.46. The molecule has 12 nitrogen and oxygen atoms in total. The molecule has 7 N–H and O–H groups in total. The highest BCUT2D eigenvalue weighted by atomic mass is 35.5. The van der Waals surface area contributed by atoms with Crippen LogP contribution in [-0.4, -0.2) is 43.0 Å². The molecule has 0 saturated heterocycles. The molecule has 13 heteroatoms. The van der Waals surface area contributed by atoms with Gasteiger partial charge in [0, 0.05) is 29.8 Å². The Morgan fingerprint density at radius 1 is 1.08 bits per heavy atom. The molecule has 0 unspecified atom stereocenters. The van der Waals surface area contributed by atoms with Crippen LogP contribution in [0.15, 0.2) is 63.8 Å². The van der Waals surface area contributed by atoms with Crippen LogP contribution in [0, 0.1) is 12.3 Å². The van der Waals surface area contributed by atoms with Gasteiger partial charge in [-0.05, 0) is 43.0 Å². The van der Waals surface area contributed by atoms with Crippen LogP contribution >= 0.6 is 12.4 Å². The SMILES string of the molecule is Cc1cc(=O)oc2cc(NC(=O)[C@H](CCCNC(=N)N)NC(=O)CNC(=O)OCc3ccccc3)ccc12.Cl. The summed E-state index contributed by atoms with van der Waals surface area (Å²) >= 11 is 0. The lowest BCUT2D eigenvalue weighted by Gasteiger charge is -2.19. The summed E-state index contributed by atoms with van der Waals surface area (Å²) in [4.78, 5) is 49.2. The van der Waals surface area contributed by atoms with Gasteiger partial charge in [0.05, 0.1) is 0 Å². The van der Waals surface area contributed by atoms with Gasteiger partial charge in [0.2, 0.25) is 11.8 Å². The highest BCUT2D eigenvalue weighted by Crippen LogP contribution is 2.21. The summed E-state index contributed by atoms with van der Waals surface area (Å²) in [5, 5.41) is 18.3. The molecule has 1 atom stereocenters. The predicted octanol–water partition coefficient (Wildman–Crippen LogP) is 2.14. The lowest BCUT2D eigenvalue weighted by atomic mass is 10.1. The Bertz CT molecular complexity index is 1360. The number of aryl methyl sites for hydroxylation is 1. The topological polar surface area (TPSA) is 189 Å². The zero-order valence-electron chi connectivity index (χ0n) is 21.2. The number of alkyl carbamates (subject to hydrolysis) is 1. The maximum absolute atomic E-state index is 13.0. The van der Waals surface area contributed by atoms with Crippen molar-refractivity contribution in [2.45, 2.75) is 32.4 Å². The maximum Gasteiger partial charge on any atom is 0.407 e. The van der Waals surface area contributed by atoms with Crippen LogP contribution in [-0.2, 0) is 20.9 Å². The molecule has 0 fully saturated rings. The summed E-state index contributed by atoms with van der Waals surface area (Å²) in [7, 11) is 0. The number of halogens is 1. The molecule has 0 aliphatic carbocycles. The van der Waals surface area contributed by atoms with E-state index in [-0.39, 0.29) is 31.4 Å². The summed E-state index contributed by atoms with van der Waals surface area (Å²) in [6.07, 6.45) is -0.141. The Kier molecular flexibility index (Phi) is 11.8. The van der Waals surface area contributed by atoms with Crippen LogP contribution in [0.5, 0.6) is 0 Å². The first kappa shape index (κ1) is 30.6. The quantitative estimate of drug-likeness (QED) is 0.0892. The van der Waals surface area contributed by atoms with E-state index in [2.05, 4.69) is 21.3 Å². The van der Waals surface area contributed by atoms with E-state index in [0.717, 1.165) is 16.5 Å². The molecule has 0 bridgehead atoms. The zero-order chi connectivity index (χ0) is 27.5. The molecule has 0 radical (unpaired) electrons. The van der Waals surface area contributed by atoms with Gasteiger partial charge in [-0.3, -0.25) is 15.0 Å². The summed E-state index contributed by atoms with van der Waals surface area (Å²) in [5.41, 5.74) is 7.02. The van der Waals surface area contributed by atoms with Gasteiger partial charge in [0.1, 0.15) is 24.8 Å². The summed E-state index contributed by atoms with van der Waals surface area (Å²) in [5.74, 6) is -1.31. The zero-order valence-corrected chi connectivity index (χ0v) is 22.1. The number of nitrogens with one attached hydrogen (secondary N) is 5. The van der Waals surface area contributed by atoms with E-state index in [1.807, 2.05) is 18.2 Å². The number of rotatable bonds is 11. The molecule has 0 spiro atoms. The Hall–Kier alpha value is -4.58. The van der Waals surface area contributed by atoms with Gasteiger partial charge >= 0.3 is 11.7 Å². The van der Waals surface area contributed by atoms with Crippen molar-refractivity contribution in [2.75, 3.05) is 18.4 Å². The number of anilines is 1. The van der Waals surface area contributed by atoms with Crippen LogP contribution in [0.4, 0.5) is 10.5 Å². The number of carbonyl (C=O) groups excluding carboxylic acids is 3. The maximum atomic E-state index is 13.0. The Morgan fingerprint density at radius 2 is 1.82 bits per heavy atom. The Balaban J connectivity index is 0.00000533. The third-order valence-electron chi connectivity index (χ3n) is 5.46. The predicted molar refractivity (Wildman–Crippen MR) is 149 cm³/mol. The van der Waals surface area contributed by atoms with Crippen molar-refractivity contribution >= 4 is 52.9 Å². The second kappa shape index (κ2) is 15.0. The molecule has 2 aromatic carbocycles. The van der Waals surface area contributed by atoms with Gasteiger partial charge in [-0.25, -0.2) is 9.59 Å². The van der Waals surface area contributed by atoms with Gasteiger partial charge in [-0.1, -0.05) is 30.3 Å². The molecular weight excluding hydrogens is 528 g/mol. The van der Waals surface area contributed by atoms with Crippen molar-refractivity contribution < 1.29 is 23.5 Å². The Morgan fingerprint density at radius 3 is 2.54 bits per heavy atom. The summed E-state index contributed by atoms with van der Waals surface area (Å²) < 4.78 is 10.3. The smallest absolute Gasteiger partial charge is 0.407 e. The van der Waals surface area contributed by atoms with Gasteiger partial charge in [0.25, 0.3) is 0 Å². The van der Waals surface area contributed by atoms with Crippen molar-refractivity contribution in [1.29, 1.82) is 5.41 Å². The molecule has 1 heterocycles. The average Bonchev–Trinajstić information content (AvgIpc) is 2.88. The second-order valence-corrected chi connectivity index (χ2v) is 8.47. The third kappa shape index (κ3) is 10.0. The average molecular weight is 559 g/mol. The fourth-order valence-corrected chi connectivity index (χ4v) is 3.60. The van der Waals surface area contributed by atoms with Gasteiger partial charge in [-0.2, -0.15) is 0 Å². The number of hydrogen-bond acceptors (Lipinski definition) is 7. The normalized spacial score (nSPS) is 11.0. The van der Waals surface area contributed by atoms with Crippen LogP contribution in [0.1, 0.15) is 24.0 Å². The standard InChI is InChI=1S/C26H30N6O6.ClH/c1-16-12-23(34)38-21-13-18(9-10-19(16)21)31-24(35)20(8-5-11-29-25(27)28)32-22(33)14-30-26(36)37-15-17-6-3-2-4-7-17;/h2-4,6-7,9-10,12-13,20H,5,8,11,14-15H2,1H3,(H,30,36)(H,31,35)(H,32,33)(H4,27,28,29);1H/t20-;/m0./s1. The van der Waals surface area contributed by atoms with Crippen molar-refractivity contribution in [3.8, 4) is 0 Å². The van der Waals surface area contributed by atoms with Gasteiger partial charge < -0.3 is 36.2 Å². The number of amides is 3. The van der Waals surface area contributed by atoms with E-state index in [0.29, 0.717) is 24.2 Å². The number of carbonyl (C=O) groups is 3. The second-order valence-electron chi connectivity index (χ2n) is 8.47. The molecule has 3 aromatic rings. The molecule has 208 valence electrons. The van der Waals surface area contributed by atoms with E-state index in [1.165, 1.54) is 12.1 Å². The molecule has 39 heavy (non-hydrogen) atoms. The summed E-state index contributed by atoms with van der Waals surface area (Å²) in [6.45, 7) is 1.75. The van der Waals surface area contributed by atoms with Crippen LogP contribution in [0.3, 0.4) is 0 Å². The monoisotopic (exact) mass is 558 g/mol. The highest BCUT2D eigenvalue weighted by molar-refractivity contribution is 5.99. The van der Waals surface area contributed by atoms with E-state index >= 15 is 0 Å². The van der Waals surface area contributed by atoms with E-state index in [4.69, 9.17) is 20.3 Å². The highest BCUT2D eigenvalue weighted by Gasteiger charge is 2.21. The van der Waals surface area contributed by atoms with Crippen molar-refractivity contribution in [3.63, 3.8) is 0 Å². The Labute approximate surface area is 230 Å². The molecular formula is C26H31ClN6O6. The fourth-order valence-electron chi connectivity index (χ4n) is 3.60. The first-order chi connectivity index (χ1) is 18.2. The number of nitrogens with two attached hydrogens (primary N) is 1. The van der Waals surface area contributed by atoms with E-state index in [1.54, 1.807) is 31.2 Å². The molecule has 1 aromatic heterocycles. The summed E-state index contributed by atoms with van der Waals surface area (Å²) in [6, 6.07) is 14.4. The van der Waals surface area contributed by atoms with Crippen molar-refractivity contribution in [1.82, 2.24) is 16.0 Å². The van der Waals surface area contributed by atoms with Crippen LogP contribution < -0.4 is 32.6 Å². The van der Waals surface area contributed by atoms with Crippen molar-refractivity contribution in [2.24, 2.45) is 5.73 Å². The van der Waals surface area contributed by atoms with Crippen LogP contribution in [0.2, 0.25) is 0 Å². The lowest BCUT2D eigenvalue weighted by Crippen LogP contribution is -2.47. The fraction of sp³-hybridized carbons (Fsp3) is 0.269. The van der Waals surface area contributed by atoms with Gasteiger partial charge in [-0.15, -0.1) is 12.4 Å². The minimum Gasteiger partial charge on any atom is -0.445 e. The number of hydrogen-bond donors (Lipinski definition) is 6. The molecule has 3 rings (SSSR count). The first-order valence-electron chi connectivity index (χ1n) is 11.9.